The maximum absolute atomic E-state index is 12.8. The first-order chi connectivity index (χ1) is 17.6. The van der Waals surface area contributed by atoms with Crippen LogP contribution in [0.25, 0.3) is 0 Å². The average molecular weight is 491 g/mol. The highest BCUT2D eigenvalue weighted by molar-refractivity contribution is 5.93. The molecular formula is C26H34N8O2. The first-order valence-electron chi connectivity index (χ1n) is 12.7. The molecule has 0 radical (unpaired) electrons. The van der Waals surface area contributed by atoms with E-state index in [1.165, 1.54) is 18.5 Å². The highest BCUT2D eigenvalue weighted by Crippen LogP contribution is 2.26. The number of rotatable bonds is 6. The number of anilines is 2. The summed E-state index contributed by atoms with van der Waals surface area (Å²) < 4.78 is 3.73. The summed E-state index contributed by atoms with van der Waals surface area (Å²) in [5.74, 6) is 0.727. The summed E-state index contributed by atoms with van der Waals surface area (Å²) in [7, 11) is 1.87. The third-order valence-electron chi connectivity index (χ3n) is 7.35. The van der Waals surface area contributed by atoms with Crippen LogP contribution in [0, 0.1) is 5.92 Å². The second-order valence-corrected chi connectivity index (χ2v) is 9.64. The van der Waals surface area contributed by atoms with Gasteiger partial charge >= 0.3 is 6.03 Å². The zero-order valence-electron chi connectivity index (χ0n) is 20.8. The molecule has 2 aliphatic rings. The molecule has 0 bridgehead atoms. The SMILES string of the molecule is Cn1cccc1C(=O)N1CCN(C(=O)Nc2ccc(N3CCC(CCn4cncn4)CC3)cc2)CC1. The maximum atomic E-state index is 12.8. The van der Waals surface area contributed by atoms with Gasteiger partial charge in [-0.05, 0) is 61.6 Å². The number of amides is 3. The molecule has 10 heteroatoms. The minimum atomic E-state index is -0.123. The van der Waals surface area contributed by atoms with Crippen LogP contribution in [-0.4, -0.2) is 80.3 Å². The third-order valence-corrected chi connectivity index (χ3v) is 7.35. The molecule has 1 N–H and O–H groups in total. The zero-order valence-corrected chi connectivity index (χ0v) is 20.8. The average Bonchev–Trinajstić information content (AvgIpc) is 3.60. The van der Waals surface area contributed by atoms with Gasteiger partial charge in [0.05, 0.1) is 0 Å². The molecule has 0 unspecified atom stereocenters. The van der Waals surface area contributed by atoms with Gasteiger partial charge in [0.2, 0.25) is 0 Å². The Balaban J connectivity index is 1.06. The van der Waals surface area contributed by atoms with E-state index in [1.54, 1.807) is 17.6 Å². The minimum absolute atomic E-state index is 0.0115. The van der Waals surface area contributed by atoms with Crippen molar-refractivity contribution in [2.75, 3.05) is 49.5 Å². The molecule has 0 saturated carbocycles. The van der Waals surface area contributed by atoms with Gasteiger partial charge in [0.15, 0.2) is 0 Å². The lowest BCUT2D eigenvalue weighted by Gasteiger charge is -2.35. The van der Waals surface area contributed by atoms with E-state index in [1.807, 2.05) is 51.7 Å². The molecule has 2 saturated heterocycles. The molecule has 36 heavy (non-hydrogen) atoms. The lowest BCUT2D eigenvalue weighted by molar-refractivity contribution is 0.0662. The van der Waals surface area contributed by atoms with Crippen LogP contribution in [0.5, 0.6) is 0 Å². The van der Waals surface area contributed by atoms with Crippen LogP contribution in [0.1, 0.15) is 29.8 Å². The van der Waals surface area contributed by atoms with E-state index in [2.05, 4.69) is 32.4 Å². The van der Waals surface area contributed by atoms with Gasteiger partial charge in [-0.1, -0.05) is 0 Å². The van der Waals surface area contributed by atoms with Gasteiger partial charge in [0.1, 0.15) is 18.3 Å². The summed E-state index contributed by atoms with van der Waals surface area (Å²) >= 11 is 0. The van der Waals surface area contributed by atoms with E-state index in [0.717, 1.165) is 31.7 Å². The molecule has 3 amide bonds. The van der Waals surface area contributed by atoms with E-state index >= 15 is 0 Å². The van der Waals surface area contributed by atoms with Gasteiger partial charge in [-0.25, -0.2) is 9.78 Å². The van der Waals surface area contributed by atoms with E-state index in [0.29, 0.717) is 37.8 Å². The zero-order chi connectivity index (χ0) is 24.9. The maximum Gasteiger partial charge on any atom is 0.321 e. The van der Waals surface area contributed by atoms with Crippen LogP contribution in [-0.2, 0) is 13.6 Å². The number of nitrogens with zero attached hydrogens (tertiary/aromatic N) is 7. The summed E-state index contributed by atoms with van der Waals surface area (Å²) in [6, 6.07) is 11.7. The van der Waals surface area contributed by atoms with Crippen LogP contribution in [0.3, 0.4) is 0 Å². The van der Waals surface area contributed by atoms with Crippen molar-refractivity contribution < 1.29 is 9.59 Å². The van der Waals surface area contributed by atoms with E-state index in [4.69, 9.17) is 0 Å². The summed E-state index contributed by atoms with van der Waals surface area (Å²) in [6.45, 7) is 5.12. The molecule has 2 fully saturated rings. The van der Waals surface area contributed by atoms with Gasteiger partial charge in [0, 0.05) is 70.4 Å². The van der Waals surface area contributed by atoms with Crippen molar-refractivity contribution in [1.29, 1.82) is 0 Å². The number of nitrogens with one attached hydrogen (secondary N) is 1. The standard InChI is InChI=1S/C26H34N8O2/c1-30-11-2-3-24(30)25(35)32-15-17-33(18-16-32)26(36)29-22-4-6-23(7-5-22)31-12-8-21(9-13-31)10-14-34-20-27-19-28-34/h2-7,11,19-21H,8-10,12-18H2,1H3,(H,29,36). The molecule has 3 aromatic rings. The monoisotopic (exact) mass is 490 g/mol. The van der Waals surface area contributed by atoms with Crippen molar-refractivity contribution in [3.8, 4) is 0 Å². The van der Waals surface area contributed by atoms with Crippen LogP contribution in [0.4, 0.5) is 16.2 Å². The number of hydrogen-bond donors (Lipinski definition) is 1. The van der Waals surface area contributed by atoms with Gasteiger partial charge in [0.25, 0.3) is 5.91 Å². The summed E-state index contributed by atoms with van der Waals surface area (Å²) in [5, 5.41) is 7.20. The number of piperazine rings is 1. The molecule has 0 atom stereocenters. The van der Waals surface area contributed by atoms with Crippen LogP contribution in [0.15, 0.2) is 55.2 Å². The summed E-state index contributed by atoms with van der Waals surface area (Å²) in [4.78, 5) is 35.5. The fraction of sp³-hybridized carbons (Fsp3) is 0.462. The topological polar surface area (TPSA) is 91.5 Å². The second-order valence-electron chi connectivity index (χ2n) is 9.64. The Labute approximate surface area is 211 Å². The number of benzene rings is 1. The molecule has 1 aromatic carbocycles. The van der Waals surface area contributed by atoms with Crippen molar-refractivity contribution in [1.82, 2.24) is 29.1 Å². The first-order valence-corrected chi connectivity index (χ1v) is 12.7. The Bertz CT molecular complexity index is 1140. The number of hydrogen-bond acceptors (Lipinski definition) is 5. The highest BCUT2D eigenvalue weighted by atomic mass is 16.2. The fourth-order valence-electron chi connectivity index (χ4n) is 5.06. The number of aryl methyl sites for hydroxylation is 2. The Kier molecular flexibility index (Phi) is 7.20. The summed E-state index contributed by atoms with van der Waals surface area (Å²) in [5.41, 5.74) is 2.65. The third kappa shape index (κ3) is 5.53. The van der Waals surface area contributed by atoms with Crippen LogP contribution in [0.2, 0.25) is 0 Å². The van der Waals surface area contributed by atoms with Crippen molar-refractivity contribution in [3.05, 3.63) is 60.9 Å². The Hall–Kier alpha value is -3.82. The smallest absolute Gasteiger partial charge is 0.321 e. The molecular weight excluding hydrogens is 456 g/mol. The largest absolute Gasteiger partial charge is 0.372 e. The van der Waals surface area contributed by atoms with E-state index in [9.17, 15) is 9.59 Å². The van der Waals surface area contributed by atoms with Gasteiger partial charge < -0.3 is 24.6 Å². The quantitative estimate of drug-likeness (QED) is 0.574. The lowest BCUT2D eigenvalue weighted by Crippen LogP contribution is -2.51. The number of carbonyl (C=O) groups excluding carboxylic acids is 2. The minimum Gasteiger partial charge on any atom is -0.372 e. The Morgan fingerprint density at radius 1 is 0.972 bits per heavy atom. The molecule has 2 aliphatic heterocycles. The predicted molar refractivity (Wildman–Crippen MR) is 138 cm³/mol. The van der Waals surface area contributed by atoms with Crippen LogP contribution < -0.4 is 10.2 Å². The van der Waals surface area contributed by atoms with Gasteiger partial charge in [-0.3, -0.25) is 9.48 Å². The Morgan fingerprint density at radius 2 is 1.69 bits per heavy atom. The Morgan fingerprint density at radius 3 is 2.33 bits per heavy atom. The first kappa shape index (κ1) is 23.9. The fourth-order valence-corrected chi connectivity index (χ4v) is 5.06. The molecule has 5 rings (SSSR count). The predicted octanol–water partition coefficient (Wildman–Crippen LogP) is 2.91. The lowest BCUT2D eigenvalue weighted by atomic mass is 9.93. The summed E-state index contributed by atoms with van der Waals surface area (Å²) in [6.07, 6.45) is 8.72. The van der Waals surface area contributed by atoms with E-state index < -0.39 is 0 Å². The van der Waals surface area contributed by atoms with E-state index in [-0.39, 0.29) is 11.9 Å². The molecule has 4 heterocycles. The number of urea groups is 1. The van der Waals surface area contributed by atoms with Crippen molar-refractivity contribution >= 4 is 23.3 Å². The second kappa shape index (κ2) is 10.8. The highest BCUT2D eigenvalue weighted by Gasteiger charge is 2.26. The number of aromatic nitrogens is 4. The molecule has 2 aromatic heterocycles. The van der Waals surface area contributed by atoms with Crippen molar-refractivity contribution in [2.45, 2.75) is 25.8 Å². The number of carbonyl (C=O) groups is 2. The van der Waals surface area contributed by atoms with Gasteiger partial charge in [-0.15, -0.1) is 0 Å². The van der Waals surface area contributed by atoms with Crippen molar-refractivity contribution in [3.63, 3.8) is 0 Å². The van der Waals surface area contributed by atoms with Gasteiger partial charge in [-0.2, -0.15) is 5.10 Å². The molecule has 190 valence electrons. The van der Waals surface area contributed by atoms with Crippen molar-refractivity contribution in [2.24, 2.45) is 13.0 Å². The normalized spacial score (nSPS) is 16.9. The van der Waals surface area contributed by atoms with Crippen LogP contribution >= 0.6 is 0 Å². The molecule has 10 nitrogen and oxygen atoms in total. The molecule has 0 spiro atoms. The molecule has 0 aliphatic carbocycles. The number of piperidine rings is 1.